The maximum absolute atomic E-state index is 12.9. The van der Waals surface area contributed by atoms with Gasteiger partial charge in [0.1, 0.15) is 11.7 Å². The van der Waals surface area contributed by atoms with Gasteiger partial charge in [0, 0.05) is 6.54 Å². The molecular formula is C20H28N2O4. The number of hydrogen-bond acceptors (Lipinski definition) is 5. The molecular weight excluding hydrogens is 332 g/mol. The van der Waals surface area contributed by atoms with Crippen molar-refractivity contribution in [3.05, 3.63) is 35.9 Å². The summed E-state index contributed by atoms with van der Waals surface area (Å²) in [5.41, 5.74) is 0.0509. The van der Waals surface area contributed by atoms with Crippen molar-refractivity contribution in [2.45, 2.75) is 51.4 Å². The number of alkyl carbamates (subject to hydrolysis) is 1. The highest BCUT2D eigenvalue weighted by Crippen LogP contribution is 2.30. The van der Waals surface area contributed by atoms with Gasteiger partial charge in [-0.15, -0.1) is 0 Å². The maximum atomic E-state index is 12.9. The third-order valence-electron chi connectivity index (χ3n) is 4.89. The Kier molecular flexibility index (Phi) is 5.51. The molecule has 3 aliphatic heterocycles. The molecule has 1 aromatic rings. The van der Waals surface area contributed by atoms with Gasteiger partial charge in [-0.05, 0) is 58.2 Å². The fraction of sp³-hybridized carbons (Fsp3) is 0.600. The summed E-state index contributed by atoms with van der Waals surface area (Å²) in [6, 6.07) is 8.27. The van der Waals surface area contributed by atoms with Gasteiger partial charge in [-0.25, -0.2) is 9.59 Å². The second-order valence-corrected chi connectivity index (χ2v) is 8.10. The molecule has 0 spiro atoms. The first-order valence-corrected chi connectivity index (χ1v) is 9.29. The quantitative estimate of drug-likeness (QED) is 0.836. The minimum atomic E-state index is -0.874. The first kappa shape index (κ1) is 18.7. The van der Waals surface area contributed by atoms with Crippen LogP contribution in [0.2, 0.25) is 0 Å². The predicted octanol–water partition coefficient (Wildman–Crippen LogP) is 2.89. The normalized spacial score (nSPS) is 26.0. The van der Waals surface area contributed by atoms with Crippen molar-refractivity contribution < 1.29 is 19.1 Å². The zero-order valence-corrected chi connectivity index (χ0v) is 15.7. The van der Waals surface area contributed by atoms with Crippen molar-refractivity contribution in [1.29, 1.82) is 0 Å². The highest BCUT2D eigenvalue weighted by molar-refractivity contribution is 5.83. The first-order valence-electron chi connectivity index (χ1n) is 9.29. The molecule has 0 aliphatic carbocycles. The Hall–Kier alpha value is -2.08. The van der Waals surface area contributed by atoms with E-state index in [1.807, 2.05) is 18.2 Å². The molecule has 26 heavy (non-hydrogen) atoms. The summed E-state index contributed by atoms with van der Waals surface area (Å²) in [5.74, 6) is -0.0114. The second kappa shape index (κ2) is 7.66. The van der Waals surface area contributed by atoms with Crippen LogP contribution in [-0.2, 0) is 14.3 Å². The van der Waals surface area contributed by atoms with Crippen LogP contribution in [0.5, 0.6) is 0 Å². The predicted molar refractivity (Wildman–Crippen MR) is 97.6 cm³/mol. The first-order chi connectivity index (χ1) is 12.3. The van der Waals surface area contributed by atoms with Crippen LogP contribution < -0.4 is 5.32 Å². The van der Waals surface area contributed by atoms with Crippen LogP contribution in [0.15, 0.2) is 30.3 Å². The summed E-state index contributed by atoms with van der Waals surface area (Å²) in [6.45, 7) is 8.30. The molecule has 3 heterocycles. The molecule has 1 amide bonds. The van der Waals surface area contributed by atoms with E-state index in [4.69, 9.17) is 9.47 Å². The number of benzene rings is 1. The molecule has 3 aliphatic rings. The largest absolute Gasteiger partial charge is 0.459 e. The fourth-order valence-electron chi connectivity index (χ4n) is 3.61. The summed E-state index contributed by atoms with van der Waals surface area (Å²) >= 11 is 0. The number of piperidine rings is 3. The van der Waals surface area contributed by atoms with Crippen molar-refractivity contribution >= 4 is 12.1 Å². The van der Waals surface area contributed by atoms with E-state index in [1.54, 1.807) is 32.9 Å². The zero-order valence-electron chi connectivity index (χ0n) is 15.7. The topological polar surface area (TPSA) is 67.9 Å². The minimum Gasteiger partial charge on any atom is -0.459 e. The van der Waals surface area contributed by atoms with Crippen molar-refractivity contribution in [2.75, 3.05) is 19.6 Å². The molecule has 142 valence electrons. The van der Waals surface area contributed by atoms with Gasteiger partial charge >= 0.3 is 12.1 Å². The van der Waals surface area contributed by atoms with Gasteiger partial charge in [-0.3, -0.25) is 4.90 Å². The SMILES string of the molecule is CC(C)(C)OC(=O)N[C@@H](C(=O)O[C@H]1CN2CCC1CC2)c1ccccc1. The average Bonchev–Trinajstić information content (AvgIpc) is 2.60. The molecule has 0 unspecified atom stereocenters. The average molecular weight is 360 g/mol. The van der Waals surface area contributed by atoms with E-state index in [1.165, 1.54) is 0 Å². The highest BCUT2D eigenvalue weighted by Gasteiger charge is 2.38. The van der Waals surface area contributed by atoms with Gasteiger partial charge in [0.2, 0.25) is 0 Å². The number of fused-ring (bicyclic) bond motifs is 3. The Morgan fingerprint density at radius 3 is 2.35 bits per heavy atom. The van der Waals surface area contributed by atoms with Gasteiger partial charge in [-0.1, -0.05) is 30.3 Å². The molecule has 2 atom stereocenters. The van der Waals surface area contributed by atoms with Gasteiger partial charge in [0.15, 0.2) is 6.04 Å². The third-order valence-corrected chi connectivity index (χ3v) is 4.89. The molecule has 1 aromatic carbocycles. The monoisotopic (exact) mass is 360 g/mol. The van der Waals surface area contributed by atoms with Gasteiger partial charge < -0.3 is 14.8 Å². The number of rotatable bonds is 4. The van der Waals surface area contributed by atoms with Gasteiger partial charge in [0.25, 0.3) is 0 Å². The van der Waals surface area contributed by atoms with Crippen LogP contribution in [0, 0.1) is 5.92 Å². The number of carbonyl (C=O) groups is 2. The summed E-state index contributed by atoms with van der Waals surface area (Å²) in [4.78, 5) is 27.4. The van der Waals surface area contributed by atoms with E-state index >= 15 is 0 Å². The molecule has 1 N–H and O–H groups in total. The Morgan fingerprint density at radius 2 is 1.81 bits per heavy atom. The number of esters is 1. The number of amides is 1. The summed E-state index contributed by atoms with van der Waals surface area (Å²) < 4.78 is 11.1. The third kappa shape index (κ3) is 4.75. The zero-order chi connectivity index (χ0) is 18.7. The Morgan fingerprint density at radius 1 is 1.15 bits per heavy atom. The molecule has 4 rings (SSSR count). The Labute approximate surface area is 154 Å². The van der Waals surface area contributed by atoms with Crippen LogP contribution in [0.1, 0.15) is 45.2 Å². The molecule has 0 aromatic heterocycles. The number of nitrogens with one attached hydrogen (secondary N) is 1. The van der Waals surface area contributed by atoms with Gasteiger partial charge in [0.05, 0.1) is 0 Å². The number of nitrogens with zero attached hydrogens (tertiary/aromatic N) is 1. The molecule has 3 fully saturated rings. The lowest BCUT2D eigenvalue weighted by atomic mass is 9.86. The molecule has 6 heteroatoms. The van der Waals surface area contributed by atoms with Gasteiger partial charge in [-0.2, -0.15) is 0 Å². The molecule has 0 radical (unpaired) electrons. The highest BCUT2D eigenvalue weighted by atomic mass is 16.6. The molecule has 3 saturated heterocycles. The molecule has 6 nitrogen and oxygen atoms in total. The number of ether oxygens (including phenoxy) is 2. The van der Waals surface area contributed by atoms with Crippen molar-refractivity contribution in [1.82, 2.24) is 10.2 Å². The number of hydrogen-bond donors (Lipinski definition) is 1. The van der Waals surface area contributed by atoms with Crippen LogP contribution in [0.3, 0.4) is 0 Å². The van der Waals surface area contributed by atoms with E-state index in [2.05, 4.69) is 10.2 Å². The van der Waals surface area contributed by atoms with Crippen molar-refractivity contribution in [3.8, 4) is 0 Å². The standard InChI is InChI=1S/C20H28N2O4/c1-20(2,3)26-19(24)21-17(15-7-5-4-6-8-15)18(23)25-16-13-22-11-9-14(16)10-12-22/h4-8,14,16-17H,9-13H2,1-3H3,(H,21,24)/t16-,17+/m0/s1. The van der Waals surface area contributed by atoms with E-state index in [0.717, 1.165) is 32.5 Å². The van der Waals surface area contributed by atoms with Crippen molar-refractivity contribution in [2.24, 2.45) is 5.92 Å². The van der Waals surface area contributed by atoms with E-state index in [-0.39, 0.29) is 6.10 Å². The van der Waals surface area contributed by atoms with Crippen molar-refractivity contribution in [3.63, 3.8) is 0 Å². The van der Waals surface area contributed by atoms with E-state index in [0.29, 0.717) is 11.5 Å². The lowest BCUT2D eigenvalue weighted by molar-refractivity contribution is -0.161. The maximum Gasteiger partial charge on any atom is 0.408 e. The van der Waals surface area contributed by atoms with Crippen LogP contribution in [0.25, 0.3) is 0 Å². The van der Waals surface area contributed by atoms with Crippen LogP contribution >= 0.6 is 0 Å². The van der Waals surface area contributed by atoms with E-state index < -0.39 is 23.7 Å². The number of carbonyl (C=O) groups excluding carboxylic acids is 2. The Bertz CT molecular complexity index is 633. The Balaban J connectivity index is 1.70. The summed E-state index contributed by atoms with van der Waals surface area (Å²) in [6.07, 6.45) is 1.40. The van der Waals surface area contributed by atoms with Crippen LogP contribution in [-0.4, -0.2) is 48.3 Å². The summed E-state index contributed by atoms with van der Waals surface area (Å²) in [7, 11) is 0. The second-order valence-electron chi connectivity index (χ2n) is 8.10. The fourth-order valence-corrected chi connectivity index (χ4v) is 3.61. The minimum absolute atomic E-state index is 0.100. The lowest BCUT2D eigenvalue weighted by Gasteiger charge is -2.44. The smallest absolute Gasteiger partial charge is 0.408 e. The molecule has 2 bridgehead atoms. The van der Waals surface area contributed by atoms with E-state index in [9.17, 15) is 9.59 Å². The lowest BCUT2D eigenvalue weighted by Crippen LogP contribution is -2.52. The summed E-state index contributed by atoms with van der Waals surface area (Å²) in [5, 5.41) is 2.67. The molecule has 0 saturated carbocycles. The van der Waals surface area contributed by atoms with Crippen LogP contribution in [0.4, 0.5) is 4.79 Å².